The normalized spacial score (nSPS) is 24.3. The van der Waals surface area contributed by atoms with Gasteiger partial charge in [-0.05, 0) is 30.4 Å². The number of urea groups is 1. The van der Waals surface area contributed by atoms with Crippen molar-refractivity contribution >= 4 is 16.1 Å². The van der Waals surface area contributed by atoms with E-state index in [0.717, 1.165) is 24.7 Å². The molecule has 2 N–H and O–H groups in total. The van der Waals surface area contributed by atoms with E-state index in [4.69, 9.17) is 4.74 Å². The summed E-state index contributed by atoms with van der Waals surface area (Å²) in [5, 5.41) is 3.02. The van der Waals surface area contributed by atoms with Gasteiger partial charge in [-0.2, -0.15) is 0 Å². The van der Waals surface area contributed by atoms with E-state index >= 15 is 4.39 Å². The molecular weight excluding hydrogens is 469 g/mol. The average molecular weight is 502 g/mol. The molecule has 0 radical (unpaired) electrons. The van der Waals surface area contributed by atoms with Gasteiger partial charge in [0.15, 0.2) is 0 Å². The third kappa shape index (κ3) is 4.94. The second-order valence-corrected chi connectivity index (χ2v) is 12.5. The quantitative estimate of drug-likeness (QED) is 0.610. The van der Waals surface area contributed by atoms with Crippen molar-refractivity contribution in [3.8, 4) is 11.1 Å². The maximum absolute atomic E-state index is 15.7. The molecule has 2 amide bonds. The lowest BCUT2D eigenvalue weighted by atomic mass is 9.89. The van der Waals surface area contributed by atoms with Crippen LogP contribution in [0.3, 0.4) is 0 Å². The van der Waals surface area contributed by atoms with Gasteiger partial charge in [0.2, 0.25) is 10.0 Å². The Morgan fingerprint density at radius 2 is 1.86 bits per heavy atom. The zero-order chi connectivity index (χ0) is 24.8. The molecule has 1 aliphatic carbocycles. The first-order valence-corrected chi connectivity index (χ1v) is 13.9. The molecule has 2 heterocycles. The number of halogens is 1. The van der Waals surface area contributed by atoms with Crippen molar-refractivity contribution in [3.63, 3.8) is 0 Å². The number of carbonyl (C=O) groups excluding carboxylic acids is 1. The van der Waals surface area contributed by atoms with Gasteiger partial charge in [-0.15, -0.1) is 0 Å². The Bertz CT molecular complexity index is 1210. The lowest BCUT2D eigenvalue weighted by molar-refractivity contribution is -0.0979. The molecule has 188 valence electrons. The van der Waals surface area contributed by atoms with Crippen molar-refractivity contribution in [2.75, 3.05) is 32.6 Å². The van der Waals surface area contributed by atoms with E-state index in [1.54, 1.807) is 17.0 Å². The van der Waals surface area contributed by atoms with Gasteiger partial charge in [0.1, 0.15) is 5.82 Å². The largest absolute Gasteiger partial charge is 0.380 e. The van der Waals surface area contributed by atoms with Crippen LogP contribution in [0, 0.1) is 16.6 Å². The number of carbonyl (C=O) groups is 1. The first kappa shape index (κ1) is 24.2. The molecule has 5 rings (SSSR count). The molecule has 2 aromatic carbocycles. The average Bonchev–Trinajstić information content (AvgIpc) is 3.52. The number of nitrogens with zero attached hydrogens (tertiary/aromatic N) is 1. The van der Waals surface area contributed by atoms with E-state index in [1.807, 2.05) is 36.4 Å². The molecule has 7 nitrogen and oxygen atoms in total. The molecule has 2 aromatic rings. The Morgan fingerprint density at radius 1 is 1.14 bits per heavy atom. The SMILES string of the molecule is CC1(CNC(=O)N2CC3(CC3)[C@H](NS(C)(=O)=O)[C@@H]2Cc2cccc(-c3ccccc3)c2F)COC1. The van der Waals surface area contributed by atoms with E-state index in [9.17, 15) is 13.2 Å². The predicted molar refractivity (Wildman–Crippen MR) is 132 cm³/mol. The van der Waals surface area contributed by atoms with Crippen LogP contribution in [0.25, 0.3) is 11.1 Å². The van der Waals surface area contributed by atoms with Crippen LogP contribution in [0.4, 0.5) is 9.18 Å². The van der Waals surface area contributed by atoms with Gasteiger partial charge in [0.25, 0.3) is 0 Å². The number of hydrogen-bond acceptors (Lipinski definition) is 4. The summed E-state index contributed by atoms with van der Waals surface area (Å²) in [5.41, 5.74) is 1.33. The fraction of sp³-hybridized carbons (Fsp3) is 0.500. The standard InChI is InChI=1S/C26H32FN3O4S/c1-25(16-34-17-25)14-28-24(31)30-15-26(11-12-26)23(29-35(2,32)33)21(30)13-19-9-6-10-20(22(19)27)18-7-4-3-5-8-18/h3-10,21,23,29H,11-17H2,1-2H3,(H,28,31)/t21-,23+/m0/s1. The molecule has 3 aliphatic rings. The highest BCUT2D eigenvalue weighted by atomic mass is 32.2. The van der Waals surface area contributed by atoms with Crippen molar-refractivity contribution in [1.82, 2.24) is 14.9 Å². The third-order valence-corrected chi connectivity index (χ3v) is 8.27. The summed E-state index contributed by atoms with van der Waals surface area (Å²) in [5.74, 6) is -0.340. The summed E-state index contributed by atoms with van der Waals surface area (Å²) >= 11 is 0. The highest BCUT2D eigenvalue weighted by Crippen LogP contribution is 2.55. The van der Waals surface area contributed by atoms with Gasteiger partial charge in [0, 0.05) is 35.5 Å². The minimum absolute atomic E-state index is 0.0946. The lowest BCUT2D eigenvalue weighted by Crippen LogP contribution is -2.54. The molecule has 2 saturated heterocycles. The van der Waals surface area contributed by atoms with Gasteiger partial charge in [0.05, 0.1) is 25.5 Å². The molecule has 0 bridgehead atoms. The summed E-state index contributed by atoms with van der Waals surface area (Å²) in [6.07, 6.45) is 3.02. The third-order valence-electron chi connectivity index (χ3n) is 7.58. The smallest absolute Gasteiger partial charge is 0.317 e. The summed E-state index contributed by atoms with van der Waals surface area (Å²) in [6.45, 7) is 4.17. The Labute approximate surface area is 206 Å². The van der Waals surface area contributed by atoms with Gasteiger partial charge < -0.3 is 15.0 Å². The topological polar surface area (TPSA) is 87.7 Å². The van der Waals surface area contributed by atoms with Crippen LogP contribution >= 0.6 is 0 Å². The summed E-state index contributed by atoms with van der Waals surface area (Å²) < 4.78 is 48.3. The number of likely N-dealkylation sites (tertiary alicyclic amines) is 1. The molecule has 1 saturated carbocycles. The number of sulfonamides is 1. The molecule has 9 heteroatoms. The fourth-order valence-corrected chi connectivity index (χ4v) is 6.27. The Kier molecular flexibility index (Phi) is 6.14. The number of hydrogen-bond donors (Lipinski definition) is 2. The zero-order valence-corrected chi connectivity index (χ0v) is 20.9. The number of ether oxygens (including phenoxy) is 1. The highest BCUT2D eigenvalue weighted by molar-refractivity contribution is 7.88. The Hall–Kier alpha value is -2.49. The maximum atomic E-state index is 15.7. The molecule has 3 fully saturated rings. The molecule has 2 aliphatic heterocycles. The Balaban J connectivity index is 1.44. The van der Waals surface area contributed by atoms with Crippen LogP contribution in [0.2, 0.25) is 0 Å². The number of nitrogens with one attached hydrogen (secondary N) is 2. The number of rotatable bonds is 7. The van der Waals surface area contributed by atoms with Crippen LogP contribution in [-0.4, -0.2) is 64.0 Å². The van der Waals surface area contributed by atoms with E-state index in [1.165, 1.54) is 0 Å². The predicted octanol–water partition coefficient (Wildman–Crippen LogP) is 3.16. The van der Waals surface area contributed by atoms with Gasteiger partial charge in [-0.25, -0.2) is 22.3 Å². The van der Waals surface area contributed by atoms with Crippen molar-refractivity contribution in [2.24, 2.45) is 10.8 Å². The van der Waals surface area contributed by atoms with Crippen LogP contribution in [0.15, 0.2) is 48.5 Å². The lowest BCUT2D eigenvalue weighted by Gasteiger charge is -2.38. The second-order valence-electron chi connectivity index (χ2n) is 10.7. The molecule has 0 unspecified atom stereocenters. The van der Waals surface area contributed by atoms with Crippen molar-refractivity contribution in [2.45, 2.75) is 38.3 Å². The zero-order valence-electron chi connectivity index (χ0n) is 20.1. The van der Waals surface area contributed by atoms with Crippen LogP contribution < -0.4 is 10.0 Å². The van der Waals surface area contributed by atoms with E-state index in [-0.39, 0.29) is 29.1 Å². The molecule has 35 heavy (non-hydrogen) atoms. The number of benzene rings is 2. The maximum Gasteiger partial charge on any atom is 0.317 e. The summed E-state index contributed by atoms with van der Waals surface area (Å²) in [4.78, 5) is 15.1. The molecular formula is C26H32FN3O4S. The van der Waals surface area contributed by atoms with Gasteiger partial charge in [-0.3, -0.25) is 0 Å². The monoisotopic (exact) mass is 501 g/mol. The summed E-state index contributed by atoms with van der Waals surface area (Å²) in [6, 6.07) is 13.4. The van der Waals surface area contributed by atoms with Gasteiger partial charge in [-0.1, -0.05) is 55.5 Å². The minimum Gasteiger partial charge on any atom is -0.380 e. The van der Waals surface area contributed by atoms with Crippen molar-refractivity contribution in [3.05, 3.63) is 59.9 Å². The Morgan fingerprint density at radius 3 is 2.46 bits per heavy atom. The van der Waals surface area contributed by atoms with E-state index < -0.39 is 22.1 Å². The molecule has 0 aromatic heterocycles. The van der Waals surface area contributed by atoms with Crippen LogP contribution in [0.5, 0.6) is 0 Å². The van der Waals surface area contributed by atoms with E-state index in [2.05, 4.69) is 17.0 Å². The van der Waals surface area contributed by atoms with Crippen LogP contribution in [-0.2, 0) is 21.2 Å². The van der Waals surface area contributed by atoms with Crippen LogP contribution in [0.1, 0.15) is 25.3 Å². The number of amides is 2. The molecule has 2 atom stereocenters. The first-order valence-electron chi connectivity index (χ1n) is 12.0. The van der Waals surface area contributed by atoms with Crippen molar-refractivity contribution in [1.29, 1.82) is 0 Å². The first-order chi connectivity index (χ1) is 16.6. The highest BCUT2D eigenvalue weighted by Gasteiger charge is 2.61. The minimum atomic E-state index is -3.52. The van der Waals surface area contributed by atoms with Gasteiger partial charge >= 0.3 is 6.03 Å². The van der Waals surface area contributed by atoms with E-state index in [0.29, 0.717) is 37.4 Å². The molecule has 1 spiro atoms. The second kappa shape index (κ2) is 8.87. The summed E-state index contributed by atoms with van der Waals surface area (Å²) in [7, 11) is -3.52. The van der Waals surface area contributed by atoms with Crippen molar-refractivity contribution < 1.29 is 22.3 Å². The fourth-order valence-electron chi connectivity index (χ4n) is 5.40.